The number of thiocarbonyl (C=S) groups is 1. The number of hydrogen-bond donors (Lipinski definition) is 2. The first kappa shape index (κ1) is 12.8. The monoisotopic (exact) mass is 266 g/mol. The number of nitrogens with two attached hydrogens (primary N) is 1. The molecule has 1 rings (SSSR count). The molecule has 0 heterocycles. The van der Waals surface area contributed by atoms with Crippen LogP contribution in [0.1, 0.15) is 0 Å². The molecule has 0 radical (unpaired) electrons. The molecule has 0 amide bonds. The van der Waals surface area contributed by atoms with Gasteiger partial charge in [-0.3, -0.25) is 4.72 Å². The van der Waals surface area contributed by atoms with Gasteiger partial charge in [-0.05, 0) is 12.1 Å². The van der Waals surface area contributed by atoms with Crippen molar-refractivity contribution in [3.05, 3.63) is 29.8 Å². The zero-order valence-electron chi connectivity index (χ0n) is 7.91. The normalized spacial score (nSPS) is 11.1. The molecule has 0 atom stereocenters. The van der Waals surface area contributed by atoms with Gasteiger partial charge in [0.2, 0.25) is 10.0 Å². The van der Waals surface area contributed by atoms with E-state index in [1.807, 2.05) is 4.72 Å². The second-order valence-corrected chi connectivity index (χ2v) is 5.20. The van der Waals surface area contributed by atoms with Crippen LogP contribution in [0.15, 0.2) is 18.2 Å². The Morgan fingerprint density at radius 2 is 2.00 bits per heavy atom. The highest BCUT2D eigenvalue weighted by atomic mass is 32.2. The van der Waals surface area contributed by atoms with E-state index in [2.05, 4.69) is 12.2 Å². The van der Waals surface area contributed by atoms with Crippen LogP contribution in [0.2, 0.25) is 0 Å². The van der Waals surface area contributed by atoms with Gasteiger partial charge in [0.25, 0.3) is 0 Å². The lowest BCUT2D eigenvalue weighted by atomic mass is 10.3. The number of hydrogen-bond acceptors (Lipinski definition) is 3. The Bertz CT molecular complexity index is 517. The minimum Gasteiger partial charge on any atom is -0.392 e. The van der Waals surface area contributed by atoms with Crippen molar-refractivity contribution in [2.75, 3.05) is 10.5 Å². The first-order valence-electron chi connectivity index (χ1n) is 4.04. The molecule has 0 aliphatic heterocycles. The van der Waals surface area contributed by atoms with Crippen molar-refractivity contribution in [2.24, 2.45) is 5.73 Å². The highest BCUT2D eigenvalue weighted by molar-refractivity contribution is 7.95. The van der Waals surface area contributed by atoms with Gasteiger partial charge in [-0.1, -0.05) is 12.2 Å². The summed E-state index contributed by atoms with van der Waals surface area (Å²) in [7, 11) is -3.77. The Hall–Kier alpha value is -1.28. The van der Waals surface area contributed by atoms with Crippen molar-refractivity contribution >= 4 is 32.9 Å². The predicted octanol–water partition coefficient (Wildman–Crippen LogP) is 0.993. The Balaban J connectivity index is 2.88. The van der Waals surface area contributed by atoms with Gasteiger partial charge in [0.05, 0.1) is 10.7 Å². The van der Waals surface area contributed by atoms with Crippen molar-refractivity contribution < 1.29 is 17.2 Å². The Morgan fingerprint density at radius 3 is 2.50 bits per heavy atom. The van der Waals surface area contributed by atoms with Crippen molar-refractivity contribution in [3.63, 3.8) is 0 Å². The van der Waals surface area contributed by atoms with E-state index in [0.29, 0.717) is 0 Å². The first-order chi connectivity index (χ1) is 7.30. The average molecular weight is 266 g/mol. The van der Waals surface area contributed by atoms with Crippen molar-refractivity contribution in [1.29, 1.82) is 0 Å². The summed E-state index contributed by atoms with van der Waals surface area (Å²) < 4.78 is 49.9. The van der Waals surface area contributed by atoms with E-state index >= 15 is 0 Å². The molecule has 4 nitrogen and oxygen atoms in total. The number of anilines is 1. The molecule has 0 saturated heterocycles. The lowest BCUT2D eigenvalue weighted by Crippen LogP contribution is -2.26. The predicted molar refractivity (Wildman–Crippen MR) is 60.6 cm³/mol. The number of nitrogens with one attached hydrogen (secondary N) is 1. The maximum absolute atomic E-state index is 12.8. The minimum absolute atomic E-state index is 0.0878. The lowest BCUT2D eigenvalue weighted by molar-refractivity contribution is 0.509. The minimum atomic E-state index is -3.77. The second-order valence-electron chi connectivity index (χ2n) is 2.96. The van der Waals surface area contributed by atoms with E-state index in [4.69, 9.17) is 5.73 Å². The van der Waals surface area contributed by atoms with Gasteiger partial charge in [0.15, 0.2) is 11.6 Å². The SMILES string of the molecule is NC(=S)CS(=O)(=O)Nc1ccc(F)c(F)c1. The highest BCUT2D eigenvalue weighted by Crippen LogP contribution is 2.14. The largest absolute Gasteiger partial charge is 0.392 e. The number of sulfonamides is 1. The van der Waals surface area contributed by atoms with Gasteiger partial charge in [-0.15, -0.1) is 0 Å². The third-order valence-corrected chi connectivity index (χ3v) is 3.09. The van der Waals surface area contributed by atoms with Crippen molar-refractivity contribution in [3.8, 4) is 0 Å². The molecule has 0 fully saturated rings. The summed E-state index contributed by atoms with van der Waals surface area (Å²) in [5.41, 5.74) is 4.98. The molecule has 0 saturated carbocycles. The summed E-state index contributed by atoms with van der Waals surface area (Å²) in [5, 5.41) is 0. The molecule has 0 aliphatic rings. The standard InChI is InChI=1S/C8H8F2N2O2S2/c9-6-2-1-5(3-7(6)10)12-16(13,14)4-8(11)15/h1-3,12H,4H2,(H2,11,15). The van der Waals surface area contributed by atoms with Gasteiger partial charge < -0.3 is 5.73 Å². The zero-order valence-corrected chi connectivity index (χ0v) is 9.54. The maximum atomic E-state index is 12.8. The van der Waals surface area contributed by atoms with Crippen LogP contribution in [-0.2, 0) is 10.0 Å². The summed E-state index contributed by atoms with van der Waals surface area (Å²) in [6.07, 6.45) is 0. The first-order valence-corrected chi connectivity index (χ1v) is 6.10. The molecule has 0 bridgehead atoms. The number of benzene rings is 1. The fourth-order valence-electron chi connectivity index (χ4n) is 0.963. The smallest absolute Gasteiger partial charge is 0.239 e. The van der Waals surface area contributed by atoms with Crippen LogP contribution < -0.4 is 10.5 Å². The van der Waals surface area contributed by atoms with Crippen molar-refractivity contribution in [2.45, 2.75) is 0 Å². The van der Waals surface area contributed by atoms with E-state index < -0.39 is 27.4 Å². The molecule has 16 heavy (non-hydrogen) atoms. The Kier molecular flexibility index (Phi) is 3.76. The van der Waals surface area contributed by atoms with Gasteiger partial charge in [0.1, 0.15) is 5.75 Å². The Morgan fingerprint density at radius 1 is 1.38 bits per heavy atom. The highest BCUT2D eigenvalue weighted by Gasteiger charge is 2.13. The van der Waals surface area contributed by atoms with Crippen LogP contribution in [0.25, 0.3) is 0 Å². The van der Waals surface area contributed by atoms with E-state index in [1.165, 1.54) is 0 Å². The fraction of sp³-hybridized carbons (Fsp3) is 0.125. The van der Waals surface area contributed by atoms with Crippen LogP contribution in [0, 0.1) is 11.6 Å². The van der Waals surface area contributed by atoms with Crippen LogP contribution in [0.4, 0.5) is 14.5 Å². The van der Waals surface area contributed by atoms with E-state index in [1.54, 1.807) is 0 Å². The van der Waals surface area contributed by atoms with Crippen LogP contribution >= 0.6 is 12.2 Å². The second kappa shape index (κ2) is 4.71. The average Bonchev–Trinajstić information content (AvgIpc) is 2.08. The quantitative estimate of drug-likeness (QED) is 0.797. The molecule has 88 valence electrons. The summed E-state index contributed by atoms with van der Waals surface area (Å²) in [6, 6.07) is 2.63. The molecule has 0 aliphatic carbocycles. The van der Waals surface area contributed by atoms with Crippen LogP contribution in [-0.4, -0.2) is 19.2 Å². The molecule has 1 aromatic rings. The molecule has 1 aromatic carbocycles. The Labute approximate surface area is 96.5 Å². The van der Waals surface area contributed by atoms with Gasteiger partial charge >= 0.3 is 0 Å². The van der Waals surface area contributed by atoms with Crippen molar-refractivity contribution in [1.82, 2.24) is 0 Å². The van der Waals surface area contributed by atoms with E-state index in [0.717, 1.165) is 18.2 Å². The third kappa shape index (κ3) is 3.70. The van der Waals surface area contributed by atoms with Crippen LogP contribution in [0.3, 0.4) is 0 Å². The molecule has 0 aromatic heterocycles. The summed E-state index contributed by atoms with van der Waals surface area (Å²) in [5.74, 6) is -2.76. The topological polar surface area (TPSA) is 72.2 Å². The fourth-order valence-corrected chi connectivity index (χ4v) is 2.36. The number of rotatable bonds is 4. The van der Waals surface area contributed by atoms with Gasteiger partial charge in [0, 0.05) is 6.07 Å². The maximum Gasteiger partial charge on any atom is 0.239 e. The van der Waals surface area contributed by atoms with Gasteiger partial charge in [-0.25, -0.2) is 17.2 Å². The molecular weight excluding hydrogens is 258 g/mol. The lowest BCUT2D eigenvalue weighted by Gasteiger charge is -2.07. The zero-order chi connectivity index (χ0) is 12.3. The summed E-state index contributed by atoms with van der Waals surface area (Å²) in [6.45, 7) is 0. The van der Waals surface area contributed by atoms with E-state index in [-0.39, 0.29) is 10.7 Å². The summed E-state index contributed by atoms with van der Waals surface area (Å²) in [4.78, 5) is -0.213. The molecule has 0 unspecified atom stereocenters. The van der Waals surface area contributed by atoms with Crippen LogP contribution in [0.5, 0.6) is 0 Å². The molecular formula is C8H8F2N2O2S2. The number of halogens is 2. The van der Waals surface area contributed by atoms with E-state index in [9.17, 15) is 17.2 Å². The summed E-state index contributed by atoms with van der Waals surface area (Å²) >= 11 is 4.43. The molecule has 8 heteroatoms. The molecule has 3 N–H and O–H groups in total. The molecule has 0 spiro atoms. The van der Waals surface area contributed by atoms with Gasteiger partial charge in [-0.2, -0.15) is 0 Å². The third-order valence-electron chi connectivity index (χ3n) is 1.53.